The zero-order chi connectivity index (χ0) is 12.2. The maximum absolute atomic E-state index is 13.2. The molecule has 0 aliphatic heterocycles. The van der Waals surface area contributed by atoms with Gasteiger partial charge in [-0.25, -0.2) is 4.39 Å². The lowest BCUT2D eigenvalue weighted by atomic mass is 10.2. The van der Waals surface area contributed by atoms with Gasteiger partial charge in [-0.2, -0.15) is 13.2 Å². The molecule has 16 heavy (non-hydrogen) atoms. The standard InChI is InChI=1S/C10H10BrF4N/c11-7-3-1-4-8(12)9(7)16-6-2-5-10(13,14)15/h1,3-4,16H,2,5-6H2. The van der Waals surface area contributed by atoms with Crippen molar-refractivity contribution in [3.05, 3.63) is 28.5 Å². The number of anilines is 1. The first kappa shape index (κ1) is 13.3. The van der Waals surface area contributed by atoms with Crippen LogP contribution in [0.1, 0.15) is 12.8 Å². The van der Waals surface area contributed by atoms with Gasteiger partial charge < -0.3 is 5.32 Å². The van der Waals surface area contributed by atoms with E-state index in [9.17, 15) is 17.6 Å². The Kier molecular flexibility index (Phi) is 4.58. The molecule has 0 bridgehead atoms. The van der Waals surface area contributed by atoms with Crippen molar-refractivity contribution in [1.82, 2.24) is 0 Å². The third-order valence-electron chi connectivity index (χ3n) is 1.90. The van der Waals surface area contributed by atoms with Crippen molar-refractivity contribution in [2.75, 3.05) is 11.9 Å². The number of rotatable bonds is 4. The molecule has 1 N–H and O–H groups in total. The molecule has 0 atom stereocenters. The second-order valence-corrected chi connectivity index (χ2v) is 4.10. The van der Waals surface area contributed by atoms with Gasteiger partial charge in [0.15, 0.2) is 0 Å². The highest BCUT2D eigenvalue weighted by Gasteiger charge is 2.25. The average molecular weight is 300 g/mol. The summed E-state index contributed by atoms with van der Waals surface area (Å²) in [5, 5.41) is 2.63. The zero-order valence-corrected chi connectivity index (χ0v) is 9.83. The number of nitrogens with one attached hydrogen (secondary N) is 1. The highest BCUT2D eigenvalue weighted by atomic mass is 79.9. The Labute approximate surface area is 99.0 Å². The molecule has 0 saturated heterocycles. The normalized spacial score (nSPS) is 11.6. The molecule has 0 unspecified atom stereocenters. The van der Waals surface area contributed by atoms with E-state index in [1.807, 2.05) is 0 Å². The van der Waals surface area contributed by atoms with Gasteiger partial charge in [0, 0.05) is 17.4 Å². The van der Waals surface area contributed by atoms with E-state index in [-0.39, 0.29) is 18.7 Å². The largest absolute Gasteiger partial charge is 0.389 e. The van der Waals surface area contributed by atoms with Gasteiger partial charge in [0.1, 0.15) is 5.82 Å². The minimum Gasteiger partial charge on any atom is -0.382 e. The molecule has 0 amide bonds. The van der Waals surface area contributed by atoms with Crippen molar-refractivity contribution >= 4 is 21.6 Å². The maximum atomic E-state index is 13.2. The van der Waals surface area contributed by atoms with E-state index in [1.54, 1.807) is 6.07 Å². The van der Waals surface area contributed by atoms with Crippen LogP contribution in [0.15, 0.2) is 22.7 Å². The molecule has 0 spiro atoms. The number of benzene rings is 1. The molecule has 0 aliphatic rings. The van der Waals surface area contributed by atoms with Crippen LogP contribution in [0.5, 0.6) is 0 Å². The van der Waals surface area contributed by atoms with E-state index in [1.165, 1.54) is 12.1 Å². The molecule has 0 fully saturated rings. The predicted octanol–water partition coefficient (Wildman–Crippen LogP) is 4.34. The maximum Gasteiger partial charge on any atom is 0.389 e. The van der Waals surface area contributed by atoms with Crippen LogP contribution in [0.25, 0.3) is 0 Å². The lowest BCUT2D eigenvalue weighted by molar-refractivity contribution is -0.134. The Balaban J connectivity index is 2.43. The summed E-state index contributed by atoms with van der Waals surface area (Å²) >= 11 is 3.11. The van der Waals surface area contributed by atoms with Crippen molar-refractivity contribution in [3.8, 4) is 0 Å². The SMILES string of the molecule is Fc1cccc(Br)c1NCCCC(F)(F)F. The summed E-state index contributed by atoms with van der Waals surface area (Å²) in [4.78, 5) is 0. The molecule has 90 valence electrons. The second-order valence-electron chi connectivity index (χ2n) is 3.24. The lowest BCUT2D eigenvalue weighted by Crippen LogP contribution is -2.11. The van der Waals surface area contributed by atoms with E-state index in [0.717, 1.165) is 0 Å². The summed E-state index contributed by atoms with van der Waals surface area (Å²) in [6.07, 6.45) is -5.11. The average Bonchev–Trinajstić information content (AvgIpc) is 2.14. The van der Waals surface area contributed by atoms with Gasteiger partial charge in [-0.15, -0.1) is 0 Å². The Morgan fingerprint density at radius 2 is 1.94 bits per heavy atom. The Morgan fingerprint density at radius 3 is 2.50 bits per heavy atom. The van der Waals surface area contributed by atoms with Gasteiger partial charge in [-0.3, -0.25) is 0 Å². The first-order chi connectivity index (χ1) is 7.40. The number of para-hydroxylation sites is 1. The summed E-state index contributed by atoms with van der Waals surface area (Å²) < 4.78 is 49.2. The van der Waals surface area contributed by atoms with Crippen LogP contribution in [-0.4, -0.2) is 12.7 Å². The number of halogens is 5. The highest BCUT2D eigenvalue weighted by Crippen LogP contribution is 2.26. The fourth-order valence-corrected chi connectivity index (χ4v) is 1.65. The molecular formula is C10H10BrF4N. The molecule has 1 rings (SSSR count). The van der Waals surface area contributed by atoms with Crippen molar-refractivity contribution in [1.29, 1.82) is 0 Å². The van der Waals surface area contributed by atoms with Gasteiger partial charge in [0.05, 0.1) is 5.69 Å². The van der Waals surface area contributed by atoms with Gasteiger partial charge in [-0.05, 0) is 34.5 Å². The summed E-state index contributed by atoms with van der Waals surface area (Å²) in [5.74, 6) is -0.485. The molecule has 0 aromatic heterocycles. The van der Waals surface area contributed by atoms with E-state index in [2.05, 4.69) is 21.2 Å². The van der Waals surface area contributed by atoms with Crippen LogP contribution in [-0.2, 0) is 0 Å². The Hall–Kier alpha value is -0.780. The van der Waals surface area contributed by atoms with Gasteiger partial charge in [0.2, 0.25) is 0 Å². The fraction of sp³-hybridized carbons (Fsp3) is 0.400. The number of alkyl halides is 3. The molecule has 0 heterocycles. The van der Waals surface area contributed by atoms with Crippen molar-refractivity contribution < 1.29 is 17.6 Å². The van der Waals surface area contributed by atoms with Gasteiger partial charge in [0.25, 0.3) is 0 Å². The molecule has 0 saturated carbocycles. The van der Waals surface area contributed by atoms with E-state index < -0.39 is 18.4 Å². The number of hydrogen-bond donors (Lipinski definition) is 1. The third-order valence-corrected chi connectivity index (χ3v) is 2.56. The predicted molar refractivity (Wildman–Crippen MR) is 57.9 cm³/mol. The third kappa shape index (κ3) is 4.38. The van der Waals surface area contributed by atoms with Crippen LogP contribution in [0.4, 0.5) is 23.2 Å². The van der Waals surface area contributed by atoms with E-state index in [4.69, 9.17) is 0 Å². The monoisotopic (exact) mass is 299 g/mol. The smallest absolute Gasteiger partial charge is 0.382 e. The van der Waals surface area contributed by atoms with Crippen molar-refractivity contribution in [2.45, 2.75) is 19.0 Å². The van der Waals surface area contributed by atoms with Crippen LogP contribution in [0.3, 0.4) is 0 Å². The minimum atomic E-state index is -4.16. The van der Waals surface area contributed by atoms with Gasteiger partial charge >= 0.3 is 6.18 Å². The first-order valence-electron chi connectivity index (χ1n) is 4.65. The zero-order valence-electron chi connectivity index (χ0n) is 8.24. The Bertz CT molecular complexity index is 331. The van der Waals surface area contributed by atoms with Crippen molar-refractivity contribution in [3.63, 3.8) is 0 Å². The quantitative estimate of drug-likeness (QED) is 0.644. The summed E-state index contributed by atoms with van der Waals surface area (Å²) in [7, 11) is 0. The fourth-order valence-electron chi connectivity index (χ4n) is 1.17. The van der Waals surface area contributed by atoms with Crippen LogP contribution < -0.4 is 5.32 Å². The topological polar surface area (TPSA) is 12.0 Å². The highest BCUT2D eigenvalue weighted by molar-refractivity contribution is 9.10. The van der Waals surface area contributed by atoms with Crippen LogP contribution in [0.2, 0.25) is 0 Å². The molecule has 1 nitrogen and oxygen atoms in total. The molecular weight excluding hydrogens is 290 g/mol. The summed E-state index contributed by atoms with van der Waals surface area (Å²) in [5.41, 5.74) is 0.199. The minimum absolute atomic E-state index is 0.0791. The molecule has 0 radical (unpaired) electrons. The lowest BCUT2D eigenvalue weighted by Gasteiger charge is -2.10. The molecule has 1 aromatic carbocycles. The summed E-state index contributed by atoms with van der Waals surface area (Å²) in [6.45, 7) is 0.0824. The number of hydrogen-bond acceptors (Lipinski definition) is 1. The van der Waals surface area contributed by atoms with Crippen molar-refractivity contribution in [2.24, 2.45) is 0 Å². The van der Waals surface area contributed by atoms with Gasteiger partial charge in [-0.1, -0.05) is 6.07 Å². The first-order valence-corrected chi connectivity index (χ1v) is 5.44. The molecule has 0 aliphatic carbocycles. The van der Waals surface area contributed by atoms with Crippen LogP contribution >= 0.6 is 15.9 Å². The Morgan fingerprint density at radius 1 is 1.25 bits per heavy atom. The van der Waals surface area contributed by atoms with E-state index in [0.29, 0.717) is 4.47 Å². The second kappa shape index (κ2) is 5.52. The summed E-state index contributed by atoms with van der Waals surface area (Å²) in [6, 6.07) is 4.38. The molecule has 1 aromatic rings. The van der Waals surface area contributed by atoms with Crippen LogP contribution in [0, 0.1) is 5.82 Å². The molecule has 6 heteroatoms. The van der Waals surface area contributed by atoms with E-state index >= 15 is 0 Å².